The van der Waals surface area contributed by atoms with Crippen LogP contribution in [0.4, 0.5) is 6.01 Å². The molecule has 1 heterocycles. The molecule has 0 radical (unpaired) electrons. The monoisotopic (exact) mass is 469 g/mol. The van der Waals surface area contributed by atoms with E-state index in [1.165, 1.54) is 12.8 Å². The van der Waals surface area contributed by atoms with Crippen LogP contribution >= 0.6 is 11.6 Å². The number of ether oxygens (including phenoxy) is 1. The van der Waals surface area contributed by atoms with Crippen molar-refractivity contribution in [2.75, 3.05) is 18.5 Å². The van der Waals surface area contributed by atoms with Crippen LogP contribution in [0.25, 0.3) is 11.1 Å². The van der Waals surface area contributed by atoms with E-state index in [1.54, 1.807) is 0 Å². The number of carbonyl (C=O) groups is 1. The van der Waals surface area contributed by atoms with Crippen LogP contribution in [-0.2, 0) is 11.3 Å². The third kappa shape index (κ3) is 6.27. The molecule has 0 aliphatic heterocycles. The van der Waals surface area contributed by atoms with Crippen LogP contribution in [0.2, 0.25) is 5.02 Å². The molecule has 1 aliphatic carbocycles. The number of fused-ring (bicyclic) bond motifs is 1. The van der Waals surface area contributed by atoms with E-state index in [9.17, 15) is 4.79 Å². The van der Waals surface area contributed by atoms with Crippen molar-refractivity contribution in [3.8, 4) is 0 Å². The van der Waals surface area contributed by atoms with Crippen molar-refractivity contribution in [1.29, 1.82) is 0 Å². The summed E-state index contributed by atoms with van der Waals surface area (Å²) in [6, 6.07) is 13.9. The largest absolute Gasteiger partial charge is 0.424 e. The number of aromatic nitrogens is 1. The maximum Gasteiger partial charge on any atom is 0.295 e. The Morgan fingerprint density at radius 3 is 2.82 bits per heavy atom. The minimum atomic E-state index is 0.0600. The normalized spacial score (nSPS) is 14.3. The lowest BCUT2D eigenvalue weighted by molar-refractivity contribution is 0.0551. The number of amides is 1. The molecule has 7 heteroatoms. The predicted octanol–water partition coefficient (Wildman–Crippen LogP) is 6.29. The summed E-state index contributed by atoms with van der Waals surface area (Å²) in [5, 5.41) is 3.88. The molecule has 1 aliphatic rings. The summed E-state index contributed by atoms with van der Waals surface area (Å²) in [6.07, 6.45) is 5.55. The van der Waals surface area contributed by atoms with Gasteiger partial charge < -0.3 is 19.4 Å². The number of anilines is 1. The molecular formula is C26H32ClN3O3. The van der Waals surface area contributed by atoms with Gasteiger partial charge in [0.05, 0.1) is 6.10 Å². The van der Waals surface area contributed by atoms with Crippen LogP contribution in [0.1, 0.15) is 61.9 Å². The van der Waals surface area contributed by atoms with E-state index in [4.69, 9.17) is 20.8 Å². The molecule has 0 saturated heterocycles. The molecule has 2 aromatic carbocycles. The molecule has 176 valence electrons. The van der Waals surface area contributed by atoms with E-state index in [-0.39, 0.29) is 12.0 Å². The van der Waals surface area contributed by atoms with E-state index < -0.39 is 0 Å². The van der Waals surface area contributed by atoms with Crippen molar-refractivity contribution < 1.29 is 13.9 Å². The fourth-order valence-corrected chi connectivity index (χ4v) is 4.56. The number of hydrogen-bond donors (Lipinski definition) is 1. The lowest BCUT2D eigenvalue weighted by Crippen LogP contribution is -2.40. The molecule has 33 heavy (non-hydrogen) atoms. The Labute approximate surface area is 200 Å². The summed E-state index contributed by atoms with van der Waals surface area (Å²) >= 11 is 6.05. The van der Waals surface area contributed by atoms with E-state index >= 15 is 0 Å². The van der Waals surface area contributed by atoms with Crippen molar-refractivity contribution in [1.82, 2.24) is 9.88 Å². The number of hydrogen-bond acceptors (Lipinski definition) is 5. The van der Waals surface area contributed by atoms with E-state index in [1.807, 2.05) is 61.2 Å². The topological polar surface area (TPSA) is 67.6 Å². The molecule has 0 spiro atoms. The van der Waals surface area contributed by atoms with Gasteiger partial charge in [0.1, 0.15) is 5.52 Å². The highest BCUT2D eigenvalue weighted by Crippen LogP contribution is 2.27. The maximum atomic E-state index is 13.5. The molecule has 6 nitrogen and oxygen atoms in total. The number of benzene rings is 2. The fourth-order valence-electron chi connectivity index (χ4n) is 4.35. The smallest absolute Gasteiger partial charge is 0.295 e. The number of halogens is 1. The summed E-state index contributed by atoms with van der Waals surface area (Å²) in [4.78, 5) is 20.0. The standard InChI is InChI=1S/C26H32ClN3O3/c1-18(2)32-14-6-13-30(22-9-3-4-10-22)25(31)20-11-12-24-23(16-20)29-26(33-24)28-17-19-7-5-8-21(27)15-19/h5,7-8,11-12,15-16,18,22H,3-4,6,9-10,13-14,17H2,1-2H3,(H,28,29). The average Bonchev–Trinajstić information content (AvgIpc) is 3.46. The van der Waals surface area contributed by atoms with Gasteiger partial charge in [-0.05, 0) is 69.0 Å². The fraction of sp³-hybridized carbons (Fsp3) is 0.462. The second-order valence-corrected chi connectivity index (χ2v) is 9.33. The summed E-state index contributed by atoms with van der Waals surface area (Å²) in [5.74, 6) is 0.0600. The first-order chi connectivity index (χ1) is 16.0. The Kier molecular flexibility index (Phi) is 7.89. The highest BCUT2D eigenvalue weighted by Gasteiger charge is 2.27. The first kappa shape index (κ1) is 23.6. The van der Waals surface area contributed by atoms with Crippen molar-refractivity contribution >= 4 is 34.6 Å². The van der Waals surface area contributed by atoms with Gasteiger partial charge in [-0.1, -0.05) is 36.6 Å². The van der Waals surface area contributed by atoms with Gasteiger partial charge in [-0.15, -0.1) is 0 Å². The second-order valence-electron chi connectivity index (χ2n) is 8.89. The third-order valence-electron chi connectivity index (χ3n) is 5.99. The van der Waals surface area contributed by atoms with Gasteiger partial charge in [0.25, 0.3) is 11.9 Å². The zero-order valence-electron chi connectivity index (χ0n) is 19.4. The maximum absolute atomic E-state index is 13.5. The first-order valence-electron chi connectivity index (χ1n) is 11.8. The van der Waals surface area contributed by atoms with Crippen molar-refractivity contribution in [2.24, 2.45) is 0 Å². The molecule has 0 bridgehead atoms. The van der Waals surface area contributed by atoms with Crippen LogP contribution in [0.15, 0.2) is 46.9 Å². The second kappa shape index (κ2) is 11.0. The number of nitrogens with one attached hydrogen (secondary N) is 1. The third-order valence-corrected chi connectivity index (χ3v) is 6.22. The minimum absolute atomic E-state index is 0.0600. The molecule has 1 N–H and O–H groups in total. The average molecular weight is 470 g/mol. The summed E-state index contributed by atoms with van der Waals surface area (Å²) in [5.41, 5.74) is 3.00. The van der Waals surface area contributed by atoms with Gasteiger partial charge in [0.15, 0.2) is 5.58 Å². The highest BCUT2D eigenvalue weighted by atomic mass is 35.5. The molecular weight excluding hydrogens is 438 g/mol. The van der Waals surface area contributed by atoms with Gasteiger partial charge in [0, 0.05) is 36.3 Å². The van der Waals surface area contributed by atoms with Crippen LogP contribution in [0, 0.1) is 0 Å². The number of rotatable bonds is 10. The van der Waals surface area contributed by atoms with Gasteiger partial charge in [0.2, 0.25) is 0 Å². The minimum Gasteiger partial charge on any atom is -0.424 e. The molecule has 3 aromatic rings. The van der Waals surface area contributed by atoms with Crippen LogP contribution in [-0.4, -0.2) is 41.1 Å². The molecule has 1 fully saturated rings. The summed E-state index contributed by atoms with van der Waals surface area (Å²) in [7, 11) is 0. The molecule has 1 amide bonds. The predicted molar refractivity (Wildman–Crippen MR) is 132 cm³/mol. The lowest BCUT2D eigenvalue weighted by Gasteiger charge is -2.29. The number of oxazole rings is 1. The number of nitrogens with zero attached hydrogens (tertiary/aromatic N) is 2. The zero-order chi connectivity index (χ0) is 23.2. The van der Waals surface area contributed by atoms with E-state index in [0.29, 0.717) is 53.4 Å². The Morgan fingerprint density at radius 2 is 2.06 bits per heavy atom. The Balaban J connectivity index is 1.45. The highest BCUT2D eigenvalue weighted by molar-refractivity contribution is 6.30. The molecule has 4 rings (SSSR count). The SMILES string of the molecule is CC(C)OCCCN(C(=O)c1ccc2oc(NCc3cccc(Cl)c3)nc2c1)C1CCCC1. The van der Waals surface area contributed by atoms with E-state index in [0.717, 1.165) is 24.8 Å². The van der Waals surface area contributed by atoms with Crippen LogP contribution < -0.4 is 5.32 Å². The molecule has 0 unspecified atom stereocenters. The Bertz CT molecular complexity index is 1080. The molecule has 1 saturated carbocycles. The van der Waals surface area contributed by atoms with Crippen molar-refractivity contribution in [2.45, 2.75) is 64.6 Å². The van der Waals surface area contributed by atoms with E-state index in [2.05, 4.69) is 10.3 Å². The Morgan fingerprint density at radius 1 is 1.24 bits per heavy atom. The van der Waals surface area contributed by atoms with Gasteiger partial charge in [-0.25, -0.2) is 0 Å². The van der Waals surface area contributed by atoms with Gasteiger partial charge in [-0.3, -0.25) is 4.79 Å². The molecule has 0 atom stereocenters. The lowest BCUT2D eigenvalue weighted by atomic mass is 10.1. The van der Waals surface area contributed by atoms with Crippen LogP contribution in [0.5, 0.6) is 0 Å². The summed E-state index contributed by atoms with van der Waals surface area (Å²) in [6.45, 7) is 5.99. The van der Waals surface area contributed by atoms with Gasteiger partial charge in [-0.2, -0.15) is 4.98 Å². The summed E-state index contributed by atoms with van der Waals surface area (Å²) < 4.78 is 11.5. The zero-order valence-corrected chi connectivity index (χ0v) is 20.1. The van der Waals surface area contributed by atoms with Crippen molar-refractivity contribution in [3.63, 3.8) is 0 Å². The quantitative estimate of drug-likeness (QED) is 0.353. The Hall–Kier alpha value is -2.57. The number of carbonyl (C=O) groups excluding carboxylic acids is 1. The molecule has 1 aromatic heterocycles. The van der Waals surface area contributed by atoms with Crippen LogP contribution in [0.3, 0.4) is 0 Å². The first-order valence-corrected chi connectivity index (χ1v) is 12.2. The van der Waals surface area contributed by atoms with Crippen molar-refractivity contribution in [3.05, 3.63) is 58.6 Å². The van der Waals surface area contributed by atoms with Gasteiger partial charge >= 0.3 is 0 Å².